The van der Waals surface area contributed by atoms with E-state index in [1.807, 2.05) is 19.1 Å². The Balaban J connectivity index is 1.91. The number of carbonyl (C=O) groups excluding carboxylic acids is 2. The standard InChI is InChI=1S/C18H28N4O2/c1-13-9-10-15(12-16(13)22-17(23)8-5-11-19)21-18(24)20-14-6-3-2-4-7-14/h9-10,12,14H,2-8,11,19H2,1H3,(H,22,23)(H2,20,21,24). The molecule has 0 bridgehead atoms. The molecule has 3 amide bonds. The lowest BCUT2D eigenvalue weighted by molar-refractivity contribution is -0.116. The van der Waals surface area contributed by atoms with E-state index in [4.69, 9.17) is 5.73 Å². The molecule has 24 heavy (non-hydrogen) atoms. The minimum Gasteiger partial charge on any atom is -0.335 e. The summed E-state index contributed by atoms with van der Waals surface area (Å²) in [6.45, 7) is 2.42. The number of amides is 3. The molecule has 0 atom stereocenters. The Morgan fingerprint density at radius 3 is 2.62 bits per heavy atom. The molecule has 2 rings (SSSR count). The van der Waals surface area contributed by atoms with Gasteiger partial charge in [0.05, 0.1) is 0 Å². The van der Waals surface area contributed by atoms with Crippen molar-refractivity contribution in [3.63, 3.8) is 0 Å². The fourth-order valence-electron chi connectivity index (χ4n) is 2.91. The first-order chi connectivity index (χ1) is 11.6. The highest BCUT2D eigenvalue weighted by atomic mass is 16.2. The SMILES string of the molecule is Cc1ccc(NC(=O)NC2CCCCC2)cc1NC(=O)CCCN. The number of aryl methyl sites for hydroxylation is 1. The molecule has 0 aromatic heterocycles. The predicted octanol–water partition coefficient (Wildman–Crippen LogP) is 3.13. The van der Waals surface area contributed by atoms with Gasteiger partial charge in [0.1, 0.15) is 0 Å². The van der Waals surface area contributed by atoms with E-state index in [2.05, 4.69) is 16.0 Å². The maximum Gasteiger partial charge on any atom is 0.319 e. The first-order valence-electron chi connectivity index (χ1n) is 8.76. The van der Waals surface area contributed by atoms with Gasteiger partial charge in [-0.1, -0.05) is 25.3 Å². The van der Waals surface area contributed by atoms with Crippen molar-refractivity contribution in [1.82, 2.24) is 5.32 Å². The van der Waals surface area contributed by atoms with Gasteiger partial charge in [0.25, 0.3) is 0 Å². The number of benzene rings is 1. The van der Waals surface area contributed by atoms with Gasteiger partial charge in [-0.2, -0.15) is 0 Å². The van der Waals surface area contributed by atoms with Crippen LogP contribution in [0.4, 0.5) is 16.2 Å². The van der Waals surface area contributed by atoms with Crippen LogP contribution in [0.15, 0.2) is 18.2 Å². The van der Waals surface area contributed by atoms with Gasteiger partial charge in [-0.15, -0.1) is 0 Å². The van der Waals surface area contributed by atoms with Crippen molar-refractivity contribution in [3.05, 3.63) is 23.8 Å². The maximum absolute atomic E-state index is 12.1. The summed E-state index contributed by atoms with van der Waals surface area (Å²) < 4.78 is 0. The molecule has 5 N–H and O–H groups in total. The van der Waals surface area contributed by atoms with Crippen LogP contribution in [-0.2, 0) is 4.79 Å². The number of hydrogen-bond acceptors (Lipinski definition) is 3. The lowest BCUT2D eigenvalue weighted by Crippen LogP contribution is -2.39. The number of rotatable bonds is 6. The molecule has 6 nitrogen and oxygen atoms in total. The topological polar surface area (TPSA) is 96.2 Å². The molecule has 0 heterocycles. The van der Waals surface area contributed by atoms with Crippen molar-refractivity contribution in [2.24, 2.45) is 5.73 Å². The highest BCUT2D eigenvalue weighted by Crippen LogP contribution is 2.21. The highest BCUT2D eigenvalue weighted by Gasteiger charge is 2.15. The van der Waals surface area contributed by atoms with E-state index in [9.17, 15) is 9.59 Å². The Morgan fingerprint density at radius 2 is 1.92 bits per heavy atom. The van der Waals surface area contributed by atoms with Crippen LogP contribution in [0.3, 0.4) is 0 Å². The molecule has 0 radical (unpaired) electrons. The van der Waals surface area contributed by atoms with Crippen LogP contribution < -0.4 is 21.7 Å². The second-order valence-electron chi connectivity index (χ2n) is 6.40. The zero-order valence-corrected chi connectivity index (χ0v) is 14.4. The first-order valence-corrected chi connectivity index (χ1v) is 8.76. The van der Waals surface area contributed by atoms with Crippen molar-refractivity contribution in [3.8, 4) is 0 Å². The molecule has 0 unspecified atom stereocenters. The molecule has 0 aliphatic heterocycles. The fourth-order valence-corrected chi connectivity index (χ4v) is 2.91. The minimum atomic E-state index is -0.189. The Bertz CT molecular complexity index is 568. The summed E-state index contributed by atoms with van der Waals surface area (Å²) in [6.07, 6.45) is 6.75. The molecule has 0 saturated heterocycles. The zero-order chi connectivity index (χ0) is 17.4. The number of nitrogens with one attached hydrogen (secondary N) is 3. The minimum absolute atomic E-state index is 0.0626. The normalized spacial score (nSPS) is 14.9. The van der Waals surface area contributed by atoms with Crippen LogP contribution in [-0.4, -0.2) is 24.5 Å². The molecule has 1 aromatic carbocycles. The van der Waals surface area contributed by atoms with Gasteiger partial charge in [-0.25, -0.2) is 4.79 Å². The third-order valence-electron chi connectivity index (χ3n) is 4.32. The number of anilines is 2. The molecule has 6 heteroatoms. The summed E-state index contributed by atoms with van der Waals surface area (Å²) in [5.74, 6) is -0.0626. The molecule has 1 aliphatic carbocycles. The number of nitrogens with two attached hydrogens (primary N) is 1. The van der Waals surface area contributed by atoms with E-state index in [-0.39, 0.29) is 18.0 Å². The van der Waals surface area contributed by atoms with Gasteiger partial charge in [-0.05, 0) is 50.4 Å². The van der Waals surface area contributed by atoms with E-state index < -0.39 is 0 Å². The van der Waals surface area contributed by atoms with Crippen LogP contribution in [0, 0.1) is 6.92 Å². The van der Waals surface area contributed by atoms with Gasteiger partial charge < -0.3 is 21.7 Å². The Kier molecular flexibility index (Phi) is 7.06. The first kappa shape index (κ1) is 18.3. The summed E-state index contributed by atoms with van der Waals surface area (Å²) in [7, 11) is 0. The molecule has 132 valence electrons. The van der Waals surface area contributed by atoms with Crippen LogP contribution in [0.5, 0.6) is 0 Å². The maximum atomic E-state index is 12.1. The van der Waals surface area contributed by atoms with Crippen molar-refractivity contribution in [1.29, 1.82) is 0 Å². The summed E-state index contributed by atoms with van der Waals surface area (Å²) in [4.78, 5) is 24.0. The van der Waals surface area contributed by atoms with Gasteiger partial charge in [0, 0.05) is 23.8 Å². The zero-order valence-electron chi connectivity index (χ0n) is 14.4. The van der Waals surface area contributed by atoms with Crippen LogP contribution in [0.1, 0.15) is 50.5 Å². The van der Waals surface area contributed by atoms with E-state index in [1.54, 1.807) is 6.07 Å². The summed E-state index contributed by atoms with van der Waals surface area (Å²) in [5.41, 5.74) is 7.76. The average Bonchev–Trinajstić information content (AvgIpc) is 2.57. The highest BCUT2D eigenvalue weighted by molar-refractivity contribution is 5.94. The summed E-state index contributed by atoms with van der Waals surface area (Å²) in [5, 5.41) is 8.74. The number of urea groups is 1. The average molecular weight is 332 g/mol. The van der Waals surface area contributed by atoms with E-state index in [0.717, 1.165) is 18.4 Å². The van der Waals surface area contributed by atoms with Crippen LogP contribution in [0.25, 0.3) is 0 Å². The predicted molar refractivity (Wildman–Crippen MR) is 97.1 cm³/mol. The van der Waals surface area contributed by atoms with Gasteiger partial charge >= 0.3 is 6.03 Å². The monoisotopic (exact) mass is 332 g/mol. The van der Waals surface area contributed by atoms with Gasteiger partial charge in [-0.3, -0.25) is 4.79 Å². The lowest BCUT2D eigenvalue weighted by Gasteiger charge is -2.23. The van der Waals surface area contributed by atoms with E-state index in [1.165, 1.54) is 19.3 Å². The summed E-state index contributed by atoms with van der Waals surface area (Å²) in [6, 6.07) is 5.58. The van der Waals surface area contributed by atoms with Crippen molar-refractivity contribution in [2.45, 2.75) is 57.9 Å². The smallest absolute Gasteiger partial charge is 0.319 e. The van der Waals surface area contributed by atoms with Crippen LogP contribution >= 0.6 is 0 Å². The molecular weight excluding hydrogens is 304 g/mol. The second kappa shape index (κ2) is 9.27. The Labute approximate surface area is 143 Å². The molecule has 1 aromatic rings. The van der Waals surface area contributed by atoms with Gasteiger partial charge in [0.2, 0.25) is 5.91 Å². The Morgan fingerprint density at radius 1 is 1.17 bits per heavy atom. The van der Waals surface area contributed by atoms with Crippen LogP contribution in [0.2, 0.25) is 0 Å². The second-order valence-corrected chi connectivity index (χ2v) is 6.40. The quantitative estimate of drug-likeness (QED) is 0.644. The van der Waals surface area contributed by atoms with E-state index >= 15 is 0 Å². The van der Waals surface area contributed by atoms with Crippen molar-refractivity contribution in [2.75, 3.05) is 17.2 Å². The third-order valence-corrected chi connectivity index (χ3v) is 4.32. The van der Waals surface area contributed by atoms with Crippen molar-refractivity contribution < 1.29 is 9.59 Å². The molecule has 0 spiro atoms. The molecule has 1 saturated carbocycles. The molecule has 1 fully saturated rings. The fraction of sp³-hybridized carbons (Fsp3) is 0.556. The van der Waals surface area contributed by atoms with Crippen molar-refractivity contribution >= 4 is 23.3 Å². The van der Waals surface area contributed by atoms with E-state index in [0.29, 0.717) is 30.8 Å². The lowest BCUT2D eigenvalue weighted by atomic mass is 9.96. The number of hydrogen-bond donors (Lipinski definition) is 4. The number of carbonyl (C=O) groups is 2. The molecule has 1 aliphatic rings. The third kappa shape index (κ3) is 5.85. The van der Waals surface area contributed by atoms with Gasteiger partial charge in [0.15, 0.2) is 0 Å². The molecular formula is C18H28N4O2. The Hall–Kier alpha value is -2.08. The summed E-state index contributed by atoms with van der Waals surface area (Å²) >= 11 is 0. The largest absolute Gasteiger partial charge is 0.335 e.